The van der Waals surface area contributed by atoms with Crippen LogP contribution in [0.4, 0.5) is 0 Å². The van der Waals surface area contributed by atoms with Crippen LogP contribution in [-0.4, -0.2) is 60.3 Å². The second kappa shape index (κ2) is 9.71. The van der Waals surface area contributed by atoms with Gasteiger partial charge in [-0.3, -0.25) is 9.89 Å². The summed E-state index contributed by atoms with van der Waals surface area (Å²) in [6, 6.07) is 8.01. The smallest absolute Gasteiger partial charge is 0.228 e. The van der Waals surface area contributed by atoms with Gasteiger partial charge in [0.2, 0.25) is 11.7 Å². The zero-order valence-electron chi connectivity index (χ0n) is 15.9. The molecule has 1 aliphatic heterocycles. The first kappa shape index (κ1) is 19.6. The second-order valence-electron chi connectivity index (χ2n) is 6.58. The molecule has 1 unspecified atom stereocenters. The fourth-order valence-electron chi connectivity index (χ4n) is 3.37. The Labute approximate surface area is 165 Å². The van der Waals surface area contributed by atoms with Gasteiger partial charge in [-0.1, -0.05) is 35.8 Å². The van der Waals surface area contributed by atoms with E-state index in [1.165, 1.54) is 19.4 Å². The molecule has 0 bridgehead atoms. The van der Waals surface area contributed by atoms with Gasteiger partial charge in [0.1, 0.15) is 0 Å². The summed E-state index contributed by atoms with van der Waals surface area (Å²) in [6.07, 6.45) is 3.14. The van der Waals surface area contributed by atoms with Crippen molar-refractivity contribution in [2.75, 3.05) is 33.2 Å². The molecular formula is C19H27ClN6O. The number of benzene rings is 1. The van der Waals surface area contributed by atoms with Gasteiger partial charge in [0, 0.05) is 43.2 Å². The molecule has 2 N–H and O–H groups in total. The minimum atomic E-state index is 0.552. The molecule has 0 radical (unpaired) electrons. The Hall–Kier alpha value is -2.12. The fourth-order valence-corrected chi connectivity index (χ4v) is 3.56. The molecule has 0 aliphatic carbocycles. The number of likely N-dealkylation sites (tertiary alicyclic amines) is 1. The number of halogens is 1. The Morgan fingerprint density at radius 3 is 3.07 bits per heavy atom. The topological polar surface area (TPSA) is 78.6 Å². The first-order chi connectivity index (χ1) is 13.2. The average molecular weight is 391 g/mol. The lowest BCUT2D eigenvalue weighted by Crippen LogP contribution is -2.45. The van der Waals surface area contributed by atoms with Crippen LogP contribution in [0.2, 0.25) is 5.02 Å². The van der Waals surface area contributed by atoms with E-state index in [9.17, 15) is 0 Å². The maximum Gasteiger partial charge on any atom is 0.228 e. The van der Waals surface area contributed by atoms with Crippen LogP contribution in [-0.2, 0) is 6.42 Å². The second-order valence-corrected chi connectivity index (χ2v) is 7.01. The molecule has 1 fully saturated rings. The lowest BCUT2D eigenvalue weighted by atomic mass is 10.2. The number of rotatable bonds is 7. The third kappa shape index (κ3) is 5.43. The van der Waals surface area contributed by atoms with Gasteiger partial charge in [0.25, 0.3) is 0 Å². The van der Waals surface area contributed by atoms with Crippen molar-refractivity contribution in [3.63, 3.8) is 0 Å². The molecule has 1 saturated heterocycles. The minimum absolute atomic E-state index is 0.552. The van der Waals surface area contributed by atoms with Crippen LogP contribution in [0.1, 0.15) is 25.7 Å². The van der Waals surface area contributed by atoms with Crippen molar-refractivity contribution in [3.05, 3.63) is 35.2 Å². The largest absolute Gasteiger partial charge is 0.356 e. The number of likely N-dealkylation sites (N-methyl/N-ethyl adjacent to an activating group) is 1. The van der Waals surface area contributed by atoms with E-state index < -0.39 is 0 Å². The summed E-state index contributed by atoms with van der Waals surface area (Å²) in [7, 11) is 1.78. The molecule has 2 heterocycles. The van der Waals surface area contributed by atoms with E-state index in [2.05, 4.69) is 37.6 Å². The van der Waals surface area contributed by atoms with E-state index in [4.69, 9.17) is 16.1 Å². The van der Waals surface area contributed by atoms with E-state index in [1.54, 1.807) is 7.05 Å². The van der Waals surface area contributed by atoms with Gasteiger partial charge >= 0.3 is 0 Å². The summed E-state index contributed by atoms with van der Waals surface area (Å²) >= 11 is 6.01. The zero-order valence-corrected chi connectivity index (χ0v) is 16.7. The Balaban J connectivity index is 1.44. The number of aromatic nitrogens is 2. The summed E-state index contributed by atoms with van der Waals surface area (Å²) in [5, 5.41) is 11.4. The number of hydrogen-bond donors (Lipinski definition) is 2. The molecule has 146 valence electrons. The monoisotopic (exact) mass is 390 g/mol. The summed E-state index contributed by atoms with van der Waals surface area (Å²) < 4.78 is 5.33. The first-order valence-electron chi connectivity index (χ1n) is 9.46. The molecule has 27 heavy (non-hydrogen) atoms. The van der Waals surface area contributed by atoms with Crippen molar-refractivity contribution < 1.29 is 4.52 Å². The van der Waals surface area contributed by atoms with Crippen molar-refractivity contribution in [1.82, 2.24) is 25.7 Å². The van der Waals surface area contributed by atoms with Crippen LogP contribution in [0, 0.1) is 0 Å². The molecule has 1 aromatic heterocycles. The van der Waals surface area contributed by atoms with E-state index in [0.717, 1.165) is 24.6 Å². The lowest BCUT2D eigenvalue weighted by molar-refractivity contribution is 0.267. The Kier molecular flexibility index (Phi) is 7.06. The summed E-state index contributed by atoms with van der Waals surface area (Å²) in [4.78, 5) is 11.2. The highest BCUT2D eigenvalue weighted by Crippen LogP contribution is 2.20. The third-order valence-corrected chi connectivity index (χ3v) is 5.05. The van der Waals surface area contributed by atoms with Crippen LogP contribution in [0.3, 0.4) is 0 Å². The number of aliphatic imine (C=N–C) groups is 1. The van der Waals surface area contributed by atoms with E-state index in [0.29, 0.717) is 35.7 Å². The van der Waals surface area contributed by atoms with Crippen molar-refractivity contribution in [2.24, 2.45) is 4.99 Å². The highest BCUT2D eigenvalue weighted by Gasteiger charge is 2.22. The van der Waals surface area contributed by atoms with Crippen LogP contribution >= 0.6 is 11.6 Å². The summed E-state index contributed by atoms with van der Waals surface area (Å²) in [6.45, 7) is 6.09. The Bertz CT molecular complexity index is 762. The molecular weight excluding hydrogens is 364 g/mol. The quantitative estimate of drug-likeness (QED) is 0.558. The molecule has 3 rings (SSSR count). The van der Waals surface area contributed by atoms with Gasteiger partial charge in [0.15, 0.2) is 5.96 Å². The maximum absolute atomic E-state index is 6.01. The molecule has 8 heteroatoms. The minimum Gasteiger partial charge on any atom is -0.356 e. The third-order valence-electron chi connectivity index (χ3n) is 4.82. The zero-order chi connectivity index (χ0) is 19.1. The van der Waals surface area contributed by atoms with Crippen molar-refractivity contribution in [3.8, 4) is 11.4 Å². The van der Waals surface area contributed by atoms with Crippen LogP contribution in [0.25, 0.3) is 11.4 Å². The first-order valence-corrected chi connectivity index (χ1v) is 9.84. The average Bonchev–Trinajstić information content (AvgIpc) is 3.33. The van der Waals surface area contributed by atoms with E-state index in [1.807, 2.05) is 24.3 Å². The summed E-state index contributed by atoms with van der Waals surface area (Å²) in [5.74, 6) is 1.93. The number of nitrogens with zero attached hydrogens (tertiary/aromatic N) is 4. The highest BCUT2D eigenvalue weighted by molar-refractivity contribution is 6.30. The number of hydrogen-bond acceptors (Lipinski definition) is 5. The van der Waals surface area contributed by atoms with Crippen LogP contribution in [0.15, 0.2) is 33.8 Å². The maximum atomic E-state index is 6.01. The van der Waals surface area contributed by atoms with Gasteiger partial charge in [-0.05, 0) is 38.1 Å². The van der Waals surface area contributed by atoms with Gasteiger partial charge < -0.3 is 15.2 Å². The Morgan fingerprint density at radius 2 is 2.30 bits per heavy atom. The molecule has 0 spiro atoms. The fraction of sp³-hybridized carbons (Fsp3) is 0.526. The van der Waals surface area contributed by atoms with E-state index in [-0.39, 0.29) is 0 Å². The van der Waals surface area contributed by atoms with Gasteiger partial charge in [-0.2, -0.15) is 4.98 Å². The van der Waals surface area contributed by atoms with Gasteiger partial charge in [-0.25, -0.2) is 0 Å². The molecule has 1 atom stereocenters. The molecule has 2 aromatic rings. The van der Waals surface area contributed by atoms with Gasteiger partial charge in [0.05, 0.1) is 0 Å². The number of guanidine groups is 1. The molecule has 1 aromatic carbocycles. The highest BCUT2D eigenvalue weighted by atomic mass is 35.5. The SMILES string of the molecule is CCN1CCCC1CNC(=NC)NCCc1nc(-c2cccc(Cl)c2)no1. The lowest BCUT2D eigenvalue weighted by Gasteiger charge is -2.23. The standard InChI is InChI=1S/C19H27ClN6O/c1-3-26-11-5-8-16(26)13-23-19(21-2)22-10-9-17-24-18(25-27-17)14-6-4-7-15(20)12-14/h4,6-7,12,16H,3,5,8-11,13H2,1-2H3,(H2,21,22,23). The van der Waals surface area contributed by atoms with Crippen molar-refractivity contribution >= 4 is 17.6 Å². The summed E-state index contributed by atoms with van der Waals surface area (Å²) in [5.41, 5.74) is 0.847. The Morgan fingerprint density at radius 1 is 1.41 bits per heavy atom. The van der Waals surface area contributed by atoms with Crippen LogP contribution in [0.5, 0.6) is 0 Å². The molecule has 0 saturated carbocycles. The van der Waals surface area contributed by atoms with Crippen LogP contribution < -0.4 is 10.6 Å². The molecule has 1 aliphatic rings. The molecule has 0 amide bonds. The predicted molar refractivity (Wildman–Crippen MR) is 108 cm³/mol. The predicted octanol–water partition coefficient (Wildman–Crippen LogP) is 2.58. The van der Waals surface area contributed by atoms with Crippen molar-refractivity contribution in [2.45, 2.75) is 32.2 Å². The number of nitrogens with one attached hydrogen (secondary N) is 2. The normalized spacial score (nSPS) is 18.0. The van der Waals surface area contributed by atoms with E-state index >= 15 is 0 Å². The van der Waals surface area contributed by atoms with Crippen molar-refractivity contribution in [1.29, 1.82) is 0 Å². The molecule has 7 nitrogen and oxygen atoms in total. The van der Waals surface area contributed by atoms with Gasteiger partial charge in [-0.15, -0.1) is 0 Å².